The van der Waals surface area contributed by atoms with E-state index in [1.807, 2.05) is 24.3 Å². The third kappa shape index (κ3) is 4.60. The van der Waals surface area contributed by atoms with Gasteiger partial charge in [0.1, 0.15) is 0 Å². The van der Waals surface area contributed by atoms with Gasteiger partial charge in [-0.25, -0.2) is 0 Å². The van der Waals surface area contributed by atoms with Crippen LogP contribution < -0.4 is 5.32 Å². The van der Waals surface area contributed by atoms with Crippen molar-refractivity contribution in [3.05, 3.63) is 83.4 Å². The van der Waals surface area contributed by atoms with Gasteiger partial charge in [-0.1, -0.05) is 55.5 Å². The first-order chi connectivity index (χ1) is 13.7. The average molecular weight is 373 g/mol. The van der Waals surface area contributed by atoms with Gasteiger partial charge in [-0.3, -0.25) is 9.69 Å². The normalized spacial score (nSPS) is 15.6. The minimum Gasteiger partial charge on any atom is -0.348 e. The summed E-state index contributed by atoms with van der Waals surface area (Å²) < 4.78 is 0. The highest BCUT2D eigenvalue weighted by molar-refractivity contribution is 5.94. The van der Waals surface area contributed by atoms with Crippen LogP contribution in [-0.4, -0.2) is 23.9 Å². The molecule has 28 heavy (non-hydrogen) atoms. The first-order valence-corrected chi connectivity index (χ1v) is 10.2. The molecule has 4 rings (SSSR count). The fourth-order valence-corrected chi connectivity index (χ4v) is 3.87. The van der Waals surface area contributed by atoms with Gasteiger partial charge in [0.2, 0.25) is 0 Å². The molecule has 0 aromatic heterocycles. The first kappa shape index (κ1) is 18.7. The van der Waals surface area contributed by atoms with Crippen molar-refractivity contribution in [2.24, 2.45) is 5.92 Å². The van der Waals surface area contributed by atoms with Crippen molar-refractivity contribution in [1.82, 2.24) is 10.2 Å². The number of benzene rings is 3. The maximum absolute atomic E-state index is 12.5. The number of rotatable bonds is 5. The van der Waals surface area contributed by atoms with Crippen LogP contribution in [0.3, 0.4) is 0 Å². The summed E-state index contributed by atoms with van der Waals surface area (Å²) in [5.74, 6) is 0.830. The van der Waals surface area contributed by atoms with Crippen LogP contribution in [0.1, 0.15) is 41.3 Å². The first-order valence-electron chi connectivity index (χ1n) is 10.2. The van der Waals surface area contributed by atoms with Crippen LogP contribution >= 0.6 is 0 Å². The van der Waals surface area contributed by atoms with E-state index in [0.717, 1.165) is 23.6 Å². The lowest BCUT2D eigenvalue weighted by Crippen LogP contribution is -2.32. The summed E-state index contributed by atoms with van der Waals surface area (Å²) >= 11 is 0. The molecule has 1 heterocycles. The maximum atomic E-state index is 12.5. The van der Waals surface area contributed by atoms with E-state index in [2.05, 4.69) is 59.6 Å². The third-order valence-electron chi connectivity index (χ3n) is 5.77. The molecule has 0 radical (unpaired) electrons. The third-order valence-corrected chi connectivity index (χ3v) is 5.77. The Morgan fingerprint density at radius 1 is 0.929 bits per heavy atom. The zero-order valence-electron chi connectivity index (χ0n) is 16.5. The molecule has 1 aliphatic heterocycles. The number of amides is 1. The topological polar surface area (TPSA) is 32.3 Å². The Hall–Kier alpha value is -2.65. The summed E-state index contributed by atoms with van der Waals surface area (Å²) in [7, 11) is 0. The molecule has 3 heteroatoms. The van der Waals surface area contributed by atoms with Crippen molar-refractivity contribution in [2.45, 2.75) is 32.9 Å². The minimum absolute atomic E-state index is 0.0218. The van der Waals surface area contributed by atoms with Crippen molar-refractivity contribution in [3.63, 3.8) is 0 Å². The Kier molecular flexibility index (Phi) is 5.73. The number of likely N-dealkylation sites (tertiary alicyclic amines) is 1. The lowest BCUT2D eigenvalue weighted by atomic mass is 9.99. The van der Waals surface area contributed by atoms with Gasteiger partial charge in [-0.2, -0.15) is 0 Å². The van der Waals surface area contributed by atoms with E-state index in [1.165, 1.54) is 42.3 Å². The molecule has 1 saturated heterocycles. The number of hydrogen-bond acceptors (Lipinski definition) is 2. The van der Waals surface area contributed by atoms with E-state index in [1.54, 1.807) is 0 Å². The summed E-state index contributed by atoms with van der Waals surface area (Å²) in [5.41, 5.74) is 3.11. The van der Waals surface area contributed by atoms with E-state index < -0.39 is 0 Å². The molecule has 1 N–H and O–H groups in total. The van der Waals surface area contributed by atoms with Gasteiger partial charge < -0.3 is 5.32 Å². The Balaban J connectivity index is 1.32. The Morgan fingerprint density at radius 2 is 1.61 bits per heavy atom. The average Bonchev–Trinajstić information content (AvgIpc) is 2.74. The van der Waals surface area contributed by atoms with Crippen LogP contribution in [0.15, 0.2) is 66.7 Å². The zero-order chi connectivity index (χ0) is 19.3. The lowest BCUT2D eigenvalue weighted by molar-refractivity contribution is 0.0951. The van der Waals surface area contributed by atoms with Gasteiger partial charge in [0.15, 0.2) is 0 Å². The predicted octanol–water partition coefficient (Wildman–Crippen LogP) is 5.00. The number of hydrogen-bond donors (Lipinski definition) is 1. The van der Waals surface area contributed by atoms with E-state index in [9.17, 15) is 4.79 Å². The summed E-state index contributed by atoms with van der Waals surface area (Å²) in [6.07, 6.45) is 2.57. The number of piperidine rings is 1. The molecule has 1 fully saturated rings. The van der Waals surface area contributed by atoms with E-state index in [0.29, 0.717) is 6.54 Å². The molecule has 3 aromatic carbocycles. The van der Waals surface area contributed by atoms with Gasteiger partial charge in [0.25, 0.3) is 5.91 Å². The fraction of sp³-hybridized carbons (Fsp3) is 0.320. The van der Waals surface area contributed by atoms with Crippen molar-refractivity contribution in [1.29, 1.82) is 0 Å². The fourth-order valence-electron chi connectivity index (χ4n) is 3.87. The number of fused-ring (bicyclic) bond motifs is 1. The van der Waals surface area contributed by atoms with Crippen molar-refractivity contribution < 1.29 is 4.79 Å². The van der Waals surface area contributed by atoms with Gasteiger partial charge >= 0.3 is 0 Å². The van der Waals surface area contributed by atoms with Gasteiger partial charge in [-0.05, 0) is 71.9 Å². The highest BCUT2D eigenvalue weighted by Gasteiger charge is 2.15. The highest BCUT2D eigenvalue weighted by atomic mass is 16.1. The van der Waals surface area contributed by atoms with Crippen LogP contribution in [0.4, 0.5) is 0 Å². The molecule has 0 aliphatic carbocycles. The Bertz CT molecular complexity index is 940. The van der Waals surface area contributed by atoms with E-state index >= 15 is 0 Å². The summed E-state index contributed by atoms with van der Waals surface area (Å²) in [5, 5.41) is 5.45. The molecule has 0 spiro atoms. The molecule has 0 atom stereocenters. The van der Waals surface area contributed by atoms with Gasteiger partial charge in [0.05, 0.1) is 0 Å². The van der Waals surface area contributed by atoms with Crippen molar-refractivity contribution in [2.75, 3.05) is 13.1 Å². The standard InChI is InChI=1S/C25H28N2O/c1-19-12-14-27(15-13-19)18-20-6-10-23(11-7-20)25(28)26-17-21-8-9-22-4-2-3-5-24(22)16-21/h2-11,16,19H,12-15,17-18H2,1H3,(H,26,28). The van der Waals surface area contributed by atoms with Crippen molar-refractivity contribution in [3.8, 4) is 0 Å². The quantitative estimate of drug-likeness (QED) is 0.683. The van der Waals surface area contributed by atoms with E-state index in [-0.39, 0.29) is 5.91 Å². The molecular weight excluding hydrogens is 344 g/mol. The molecule has 0 saturated carbocycles. The van der Waals surface area contributed by atoms with Crippen LogP contribution in [0, 0.1) is 5.92 Å². The Morgan fingerprint density at radius 3 is 2.36 bits per heavy atom. The minimum atomic E-state index is -0.0218. The zero-order valence-corrected chi connectivity index (χ0v) is 16.5. The van der Waals surface area contributed by atoms with Crippen LogP contribution in [-0.2, 0) is 13.1 Å². The number of nitrogens with zero attached hydrogens (tertiary/aromatic N) is 1. The molecule has 1 amide bonds. The second-order valence-electron chi connectivity index (χ2n) is 8.02. The summed E-state index contributed by atoms with van der Waals surface area (Å²) in [4.78, 5) is 15.0. The van der Waals surface area contributed by atoms with Crippen molar-refractivity contribution >= 4 is 16.7 Å². The molecule has 3 aromatic rings. The second kappa shape index (κ2) is 8.57. The van der Waals surface area contributed by atoms with Crippen LogP contribution in [0.5, 0.6) is 0 Å². The smallest absolute Gasteiger partial charge is 0.251 e. The van der Waals surface area contributed by atoms with Crippen LogP contribution in [0.25, 0.3) is 10.8 Å². The molecule has 0 unspecified atom stereocenters. The maximum Gasteiger partial charge on any atom is 0.251 e. The number of carbonyl (C=O) groups is 1. The van der Waals surface area contributed by atoms with Gasteiger partial charge in [0, 0.05) is 18.7 Å². The summed E-state index contributed by atoms with van der Waals surface area (Å²) in [6, 6.07) is 22.7. The molecular formula is C25H28N2O. The predicted molar refractivity (Wildman–Crippen MR) is 115 cm³/mol. The Labute approximate surface area is 167 Å². The number of nitrogens with one attached hydrogen (secondary N) is 1. The molecule has 3 nitrogen and oxygen atoms in total. The number of carbonyl (C=O) groups excluding carboxylic acids is 1. The lowest BCUT2D eigenvalue weighted by Gasteiger charge is -2.30. The summed E-state index contributed by atoms with van der Waals surface area (Å²) in [6.45, 7) is 6.20. The molecule has 144 valence electrons. The van der Waals surface area contributed by atoms with Crippen LogP contribution in [0.2, 0.25) is 0 Å². The molecule has 1 aliphatic rings. The van der Waals surface area contributed by atoms with Gasteiger partial charge in [-0.15, -0.1) is 0 Å². The monoisotopic (exact) mass is 372 g/mol. The molecule has 0 bridgehead atoms. The largest absolute Gasteiger partial charge is 0.348 e. The second-order valence-corrected chi connectivity index (χ2v) is 8.02. The van der Waals surface area contributed by atoms with E-state index in [4.69, 9.17) is 0 Å². The SMILES string of the molecule is CC1CCN(Cc2ccc(C(=O)NCc3ccc4ccccc4c3)cc2)CC1. The highest BCUT2D eigenvalue weighted by Crippen LogP contribution is 2.19.